The molecule has 1 aromatic heterocycles. The Bertz CT molecular complexity index is 1300. The number of benzene rings is 3. The maximum atomic E-state index is 13.2. The minimum Gasteiger partial charge on any atom is -0.326 e. The number of amides is 1. The van der Waals surface area contributed by atoms with Crippen molar-refractivity contribution >= 4 is 34.8 Å². The molecule has 9 heteroatoms. The second kappa shape index (κ2) is 9.29. The van der Waals surface area contributed by atoms with Gasteiger partial charge in [-0.15, -0.1) is 0 Å². The van der Waals surface area contributed by atoms with Crippen LogP contribution in [0.2, 0.25) is 10.0 Å². The molecule has 1 amide bonds. The summed E-state index contributed by atoms with van der Waals surface area (Å²) in [7, 11) is 0. The molecule has 4 nitrogen and oxygen atoms in total. The molecule has 4 rings (SSSR count). The molecule has 0 atom stereocenters. The van der Waals surface area contributed by atoms with Gasteiger partial charge in [-0.3, -0.25) is 4.79 Å². The van der Waals surface area contributed by atoms with E-state index in [4.69, 9.17) is 23.2 Å². The van der Waals surface area contributed by atoms with Crippen LogP contribution in [0.1, 0.15) is 11.1 Å². The Balaban J connectivity index is 1.73. The third-order valence-electron chi connectivity index (χ3n) is 4.83. The summed E-state index contributed by atoms with van der Waals surface area (Å²) >= 11 is 12.2. The molecule has 0 aliphatic rings. The van der Waals surface area contributed by atoms with E-state index in [0.717, 1.165) is 12.1 Å². The average molecular weight is 490 g/mol. The van der Waals surface area contributed by atoms with E-state index in [2.05, 4.69) is 10.4 Å². The Morgan fingerprint density at radius 1 is 0.939 bits per heavy atom. The zero-order valence-electron chi connectivity index (χ0n) is 16.9. The second-order valence-electron chi connectivity index (χ2n) is 7.22. The van der Waals surface area contributed by atoms with Crippen LogP contribution in [0, 0.1) is 0 Å². The van der Waals surface area contributed by atoms with E-state index in [1.54, 1.807) is 42.5 Å². The highest BCUT2D eigenvalue weighted by molar-refractivity contribution is 6.42. The molecule has 4 aromatic rings. The van der Waals surface area contributed by atoms with Crippen molar-refractivity contribution in [2.75, 3.05) is 5.32 Å². The smallest absolute Gasteiger partial charge is 0.326 e. The van der Waals surface area contributed by atoms with Crippen molar-refractivity contribution in [1.82, 2.24) is 9.78 Å². The van der Waals surface area contributed by atoms with Crippen molar-refractivity contribution < 1.29 is 18.0 Å². The van der Waals surface area contributed by atoms with Gasteiger partial charge >= 0.3 is 6.18 Å². The number of hydrogen-bond acceptors (Lipinski definition) is 2. The van der Waals surface area contributed by atoms with Gasteiger partial charge in [0.05, 0.1) is 33.4 Å². The van der Waals surface area contributed by atoms with E-state index in [1.165, 1.54) is 23.0 Å². The van der Waals surface area contributed by atoms with Gasteiger partial charge < -0.3 is 5.32 Å². The molecule has 1 N–H and O–H groups in total. The van der Waals surface area contributed by atoms with Crippen LogP contribution in [0.3, 0.4) is 0 Å². The summed E-state index contributed by atoms with van der Waals surface area (Å²) in [5, 5.41) is 7.91. The second-order valence-corrected chi connectivity index (χ2v) is 8.03. The molecule has 0 saturated heterocycles. The number of rotatable bonds is 5. The van der Waals surface area contributed by atoms with Crippen molar-refractivity contribution in [3.05, 3.63) is 100 Å². The van der Waals surface area contributed by atoms with Crippen molar-refractivity contribution in [3.63, 3.8) is 0 Å². The molecule has 0 aliphatic heterocycles. The fraction of sp³-hybridized carbons (Fsp3) is 0.0833. The fourth-order valence-electron chi connectivity index (χ4n) is 3.28. The van der Waals surface area contributed by atoms with Crippen LogP contribution in [-0.4, -0.2) is 15.7 Å². The number of anilines is 1. The van der Waals surface area contributed by atoms with Gasteiger partial charge in [0, 0.05) is 23.0 Å². The standard InChI is InChI=1S/C24H16Cl2F3N3O/c25-20-10-9-15(11-21(20)26)23-16(12-22(33)30-18-6-2-1-3-7-18)14-32(31-23)19-8-4-5-17(13-19)24(27,28)29/h1-11,13-14H,12H2,(H,30,33). The molecular formula is C24H16Cl2F3N3O. The summed E-state index contributed by atoms with van der Waals surface area (Å²) in [6.45, 7) is 0. The number of nitrogens with one attached hydrogen (secondary N) is 1. The monoisotopic (exact) mass is 489 g/mol. The number of nitrogens with zero attached hydrogens (tertiary/aromatic N) is 2. The first-order valence-electron chi connectivity index (χ1n) is 9.77. The molecule has 0 saturated carbocycles. The van der Waals surface area contributed by atoms with Crippen molar-refractivity contribution in [2.45, 2.75) is 12.6 Å². The number of hydrogen-bond donors (Lipinski definition) is 1. The van der Waals surface area contributed by atoms with Gasteiger partial charge in [0.1, 0.15) is 0 Å². The average Bonchev–Trinajstić information content (AvgIpc) is 3.19. The van der Waals surface area contributed by atoms with E-state index in [1.807, 2.05) is 6.07 Å². The predicted octanol–water partition coefficient (Wildman–Crippen LogP) is 7.05. The summed E-state index contributed by atoms with van der Waals surface area (Å²) in [4.78, 5) is 12.7. The number of alkyl halides is 3. The van der Waals surface area contributed by atoms with E-state index < -0.39 is 11.7 Å². The first-order chi connectivity index (χ1) is 15.7. The quantitative estimate of drug-likeness (QED) is 0.326. The van der Waals surface area contributed by atoms with E-state index in [9.17, 15) is 18.0 Å². The van der Waals surface area contributed by atoms with Crippen LogP contribution >= 0.6 is 23.2 Å². The molecule has 0 fully saturated rings. The number of aromatic nitrogens is 2. The Morgan fingerprint density at radius 3 is 2.39 bits per heavy atom. The topological polar surface area (TPSA) is 46.9 Å². The lowest BCUT2D eigenvalue weighted by molar-refractivity contribution is -0.137. The number of halogens is 5. The predicted molar refractivity (Wildman–Crippen MR) is 123 cm³/mol. The Labute approximate surface area is 197 Å². The number of carbonyl (C=O) groups is 1. The highest BCUT2D eigenvalue weighted by atomic mass is 35.5. The Kier molecular flexibility index (Phi) is 6.44. The van der Waals surface area contributed by atoms with Crippen molar-refractivity contribution in [2.24, 2.45) is 0 Å². The third-order valence-corrected chi connectivity index (χ3v) is 5.57. The zero-order valence-corrected chi connectivity index (χ0v) is 18.4. The van der Waals surface area contributed by atoms with Gasteiger partial charge in [0.2, 0.25) is 5.91 Å². The minimum absolute atomic E-state index is 0.0521. The minimum atomic E-state index is -4.49. The summed E-state index contributed by atoms with van der Waals surface area (Å²) in [6.07, 6.45) is -3.00. The maximum absolute atomic E-state index is 13.2. The highest BCUT2D eigenvalue weighted by Gasteiger charge is 2.30. The van der Waals surface area contributed by atoms with Crippen molar-refractivity contribution in [1.29, 1.82) is 0 Å². The first kappa shape index (κ1) is 22.9. The largest absolute Gasteiger partial charge is 0.416 e. The van der Waals surface area contributed by atoms with Crippen molar-refractivity contribution in [3.8, 4) is 16.9 Å². The zero-order chi connectivity index (χ0) is 23.6. The van der Waals surface area contributed by atoms with Gasteiger partial charge in [-0.1, -0.05) is 53.5 Å². The van der Waals surface area contributed by atoms with Crippen LogP contribution in [0.25, 0.3) is 16.9 Å². The van der Waals surface area contributed by atoms with Gasteiger partial charge in [-0.25, -0.2) is 4.68 Å². The highest BCUT2D eigenvalue weighted by Crippen LogP contribution is 2.33. The summed E-state index contributed by atoms with van der Waals surface area (Å²) in [6, 6.07) is 18.6. The molecule has 1 heterocycles. The molecule has 0 unspecified atom stereocenters. The van der Waals surface area contributed by atoms with Crippen LogP contribution in [0.15, 0.2) is 79.0 Å². The molecule has 0 bridgehead atoms. The van der Waals surface area contributed by atoms with Gasteiger partial charge in [0.15, 0.2) is 0 Å². The van der Waals surface area contributed by atoms with Gasteiger partial charge in [-0.05, 0) is 42.5 Å². The van der Waals surface area contributed by atoms with E-state index >= 15 is 0 Å². The van der Waals surface area contributed by atoms with E-state index in [-0.39, 0.29) is 18.0 Å². The van der Waals surface area contributed by atoms with Crippen LogP contribution in [-0.2, 0) is 17.4 Å². The van der Waals surface area contributed by atoms with Crippen LogP contribution in [0.4, 0.5) is 18.9 Å². The summed E-state index contributed by atoms with van der Waals surface area (Å²) in [5.74, 6) is -0.300. The fourth-order valence-corrected chi connectivity index (χ4v) is 3.58. The molecule has 0 radical (unpaired) electrons. The molecule has 33 heavy (non-hydrogen) atoms. The van der Waals surface area contributed by atoms with Crippen LogP contribution < -0.4 is 5.32 Å². The summed E-state index contributed by atoms with van der Waals surface area (Å²) in [5.41, 5.74) is 1.55. The summed E-state index contributed by atoms with van der Waals surface area (Å²) < 4.78 is 40.9. The lowest BCUT2D eigenvalue weighted by Gasteiger charge is -2.08. The lowest BCUT2D eigenvalue weighted by atomic mass is 10.1. The van der Waals surface area contributed by atoms with Gasteiger partial charge in [0.25, 0.3) is 0 Å². The Morgan fingerprint density at radius 2 is 1.70 bits per heavy atom. The number of para-hydroxylation sites is 1. The van der Waals surface area contributed by atoms with Gasteiger partial charge in [-0.2, -0.15) is 18.3 Å². The molecule has 3 aromatic carbocycles. The van der Waals surface area contributed by atoms with Crippen LogP contribution in [0.5, 0.6) is 0 Å². The first-order valence-corrected chi connectivity index (χ1v) is 10.5. The number of carbonyl (C=O) groups excluding carboxylic acids is 1. The molecule has 0 spiro atoms. The molecule has 168 valence electrons. The lowest BCUT2D eigenvalue weighted by Crippen LogP contribution is -2.14. The maximum Gasteiger partial charge on any atom is 0.416 e. The normalized spacial score (nSPS) is 11.4. The third kappa shape index (κ3) is 5.38. The Hall–Kier alpha value is -3.29. The molecule has 0 aliphatic carbocycles. The molecular weight excluding hydrogens is 474 g/mol. The van der Waals surface area contributed by atoms with E-state index in [0.29, 0.717) is 32.6 Å². The SMILES string of the molecule is O=C(Cc1cn(-c2cccc(C(F)(F)F)c2)nc1-c1ccc(Cl)c(Cl)c1)Nc1ccccc1.